The highest BCUT2D eigenvalue weighted by atomic mass is 16.5. The zero-order chi connectivity index (χ0) is 9.52. The molecule has 0 saturated carbocycles. The minimum atomic E-state index is 0.933. The van der Waals surface area contributed by atoms with Crippen LogP contribution in [0.3, 0.4) is 0 Å². The van der Waals surface area contributed by atoms with E-state index in [2.05, 4.69) is 11.8 Å². The first kappa shape index (κ1) is 11.0. The molecule has 0 aromatic rings. The van der Waals surface area contributed by atoms with Crippen LogP contribution in [0.15, 0.2) is 0 Å². The van der Waals surface area contributed by atoms with E-state index >= 15 is 0 Å². The van der Waals surface area contributed by atoms with Gasteiger partial charge in [-0.15, -0.1) is 0 Å². The van der Waals surface area contributed by atoms with Gasteiger partial charge in [0.05, 0.1) is 0 Å². The van der Waals surface area contributed by atoms with Crippen molar-refractivity contribution >= 4 is 0 Å². The van der Waals surface area contributed by atoms with Crippen molar-refractivity contribution < 1.29 is 4.74 Å². The molecule has 0 bridgehead atoms. The van der Waals surface area contributed by atoms with E-state index < -0.39 is 0 Å². The molecule has 1 aliphatic heterocycles. The highest BCUT2D eigenvalue weighted by Crippen LogP contribution is 2.20. The van der Waals surface area contributed by atoms with Gasteiger partial charge in [0.15, 0.2) is 0 Å². The lowest BCUT2D eigenvalue weighted by molar-refractivity contribution is 0.151. The average Bonchev–Trinajstić information content (AvgIpc) is 2.19. The summed E-state index contributed by atoms with van der Waals surface area (Å²) in [6, 6.07) is 0. The van der Waals surface area contributed by atoms with Crippen LogP contribution in [0.1, 0.15) is 32.6 Å². The fourth-order valence-electron chi connectivity index (χ4n) is 2.19. The molecular weight excluding hydrogens is 162 g/mol. The van der Waals surface area contributed by atoms with E-state index in [9.17, 15) is 0 Å². The van der Waals surface area contributed by atoms with Crippen LogP contribution in [0.2, 0.25) is 0 Å². The van der Waals surface area contributed by atoms with Gasteiger partial charge in [-0.1, -0.05) is 6.92 Å². The molecule has 2 heteroatoms. The molecule has 0 spiro atoms. The lowest BCUT2D eigenvalue weighted by Gasteiger charge is -2.31. The molecule has 0 N–H and O–H groups in total. The average molecular weight is 185 g/mol. The van der Waals surface area contributed by atoms with E-state index in [0.29, 0.717) is 0 Å². The Morgan fingerprint density at radius 3 is 3.00 bits per heavy atom. The largest absolute Gasteiger partial charge is 0.385 e. The van der Waals surface area contributed by atoms with Gasteiger partial charge < -0.3 is 9.64 Å². The van der Waals surface area contributed by atoms with Gasteiger partial charge in [0.25, 0.3) is 0 Å². The maximum Gasteiger partial charge on any atom is 0.0462 e. The van der Waals surface area contributed by atoms with E-state index in [0.717, 1.165) is 12.5 Å². The second-order valence-electron chi connectivity index (χ2n) is 4.04. The van der Waals surface area contributed by atoms with Crippen molar-refractivity contribution in [2.24, 2.45) is 5.92 Å². The van der Waals surface area contributed by atoms with Crippen molar-refractivity contribution in [1.82, 2.24) is 4.90 Å². The van der Waals surface area contributed by atoms with E-state index in [1.807, 2.05) is 0 Å². The molecule has 0 aromatic carbocycles. The minimum absolute atomic E-state index is 0.933. The number of nitrogens with zero attached hydrogens (tertiary/aromatic N) is 1. The number of methoxy groups -OCH3 is 1. The third-order valence-electron chi connectivity index (χ3n) is 3.01. The van der Waals surface area contributed by atoms with Crippen LogP contribution in [-0.4, -0.2) is 38.3 Å². The van der Waals surface area contributed by atoms with Crippen LogP contribution in [0.5, 0.6) is 0 Å². The van der Waals surface area contributed by atoms with Gasteiger partial charge in [0, 0.05) is 20.3 Å². The van der Waals surface area contributed by atoms with Gasteiger partial charge in [-0.05, 0) is 44.7 Å². The standard InChI is InChI=1S/C11H23NO/c1-3-12-8-4-6-11(10-12)7-5-9-13-2/h11H,3-10H2,1-2H3. The molecule has 1 rings (SSSR count). The topological polar surface area (TPSA) is 12.5 Å². The molecule has 1 saturated heterocycles. The summed E-state index contributed by atoms with van der Waals surface area (Å²) >= 11 is 0. The summed E-state index contributed by atoms with van der Waals surface area (Å²) in [6.07, 6.45) is 5.41. The summed E-state index contributed by atoms with van der Waals surface area (Å²) in [5, 5.41) is 0. The Kier molecular flexibility index (Phi) is 5.40. The molecule has 0 amide bonds. The number of piperidine rings is 1. The fourth-order valence-corrected chi connectivity index (χ4v) is 2.19. The number of ether oxygens (including phenoxy) is 1. The molecule has 1 heterocycles. The fraction of sp³-hybridized carbons (Fsp3) is 1.00. The van der Waals surface area contributed by atoms with Crippen LogP contribution in [0.4, 0.5) is 0 Å². The van der Waals surface area contributed by atoms with Gasteiger partial charge in [0.2, 0.25) is 0 Å². The SMILES string of the molecule is CCN1CCCC(CCCOC)C1. The van der Waals surface area contributed by atoms with Crippen molar-refractivity contribution in [2.45, 2.75) is 32.6 Å². The summed E-state index contributed by atoms with van der Waals surface area (Å²) in [5.74, 6) is 0.934. The van der Waals surface area contributed by atoms with E-state index in [4.69, 9.17) is 4.74 Å². The summed E-state index contributed by atoms with van der Waals surface area (Å²) in [7, 11) is 1.79. The van der Waals surface area contributed by atoms with Crippen LogP contribution in [0.25, 0.3) is 0 Å². The van der Waals surface area contributed by atoms with Crippen molar-refractivity contribution in [3.05, 3.63) is 0 Å². The normalized spacial score (nSPS) is 24.9. The molecular formula is C11H23NO. The summed E-state index contributed by atoms with van der Waals surface area (Å²) in [4.78, 5) is 2.57. The lowest BCUT2D eigenvalue weighted by Crippen LogP contribution is -2.35. The third-order valence-corrected chi connectivity index (χ3v) is 3.01. The quantitative estimate of drug-likeness (QED) is 0.608. The van der Waals surface area contributed by atoms with Crippen molar-refractivity contribution in [2.75, 3.05) is 33.4 Å². The minimum Gasteiger partial charge on any atom is -0.385 e. The molecule has 13 heavy (non-hydrogen) atoms. The monoisotopic (exact) mass is 185 g/mol. The maximum atomic E-state index is 5.07. The number of hydrogen-bond acceptors (Lipinski definition) is 2. The summed E-state index contributed by atoms with van der Waals surface area (Å²) in [6.45, 7) is 7.05. The van der Waals surface area contributed by atoms with Crippen LogP contribution < -0.4 is 0 Å². The van der Waals surface area contributed by atoms with Gasteiger partial charge in [-0.2, -0.15) is 0 Å². The highest BCUT2D eigenvalue weighted by molar-refractivity contribution is 4.71. The molecule has 1 atom stereocenters. The van der Waals surface area contributed by atoms with E-state index in [-0.39, 0.29) is 0 Å². The van der Waals surface area contributed by atoms with Crippen LogP contribution >= 0.6 is 0 Å². The summed E-state index contributed by atoms with van der Waals surface area (Å²) < 4.78 is 5.07. The zero-order valence-electron chi connectivity index (χ0n) is 9.09. The van der Waals surface area contributed by atoms with E-state index in [1.54, 1.807) is 7.11 Å². The second kappa shape index (κ2) is 6.39. The first-order valence-electron chi connectivity index (χ1n) is 5.58. The predicted molar refractivity (Wildman–Crippen MR) is 55.9 cm³/mol. The van der Waals surface area contributed by atoms with Crippen LogP contribution in [-0.2, 0) is 4.74 Å². The van der Waals surface area contributed by atoms with Crippen molar-refractivity contribution in [1.29, 1.82) is 0 Å². The number of likely N-dealkylation sites (tertiary alicyclic amines) is 1. The molecule has 1 aliphatic rings. The van der Waals surface area contributed by atoms with Crippen molar-refractivity contribution in [3.63, 3.8) is 0 Å². The Hall–Kier alpha value is -0.0800. The van der Waals surface area contributed by atoms with Gasteiger partial charge >= 0.3 is 0 Å². The number of hydrogen-bond donors (Lipinski definition) is 0. The first-order valence-corrected chi connectivity index (χ1v) is 5.58. The number of rotatable bonds is 5. The van der Waals surface area contributed by atoms with Gasteiger partial charge in [-0.3, -0.25) is 0 Å². The Balaban J connectivity index is 2.11. The molecule has 0 aliphatic carbocycles. The lowest BCUT2D eigenvalue weighted by atomic mass is 9.93. The summed E-state index contributed by atoms with van der Waals surface area (Å²) in [5.41, 5.74) is 0. The van der Waals surface area contributed by atoms with E-state index in [1.165, 1.54) is 45.3 Å². The third kappa shape index (κ3) is 4.10. The second-order valence-corrected chi connectivity index (χ2v) is 4.04. The molecule has 0 radical (unpaired) electrons. The van der Waals surface area contributed by atoms with Crippen molar-refractivity contribution in [3.8, 4) is 0 Å². The molecule has 1 unspecified atom stereocenters. The van der Waals surface area contributed by atoms with Crippen LogP contribution in [0, 0.1) is 5.92 Å². The Morgan fingerprint density at radius 2 is 2.31 bits per heavy atom. The Labute approximate surface area is 82.3 Å². The van der Waals surface area contributed by atoms with Gasteiger partial charge in [0.1, 0.15) is 0 Å². The molecule has 1 fully saturated rings. The smallest absolute Gasteiger partial charge is 0.0462 e. The van der Waals surface area contributed by atoms with Gasteiger partial charge in [-0.25, -0.2) is 0 Å². The molecule has 78 valence electrons. The Bertz CT molecular complexity index is 127. The predicted octanol–water partition coefficient (Wildman–Crippen LogP) is 2.14. The molecule has 0 aromatic heterocycles. The first-order chi connectivity index (χ1) is 6.36. The highest BCUT2D eigenvalue weighted by Gasteiger charge is 2.17. The maximum absolute atomic E-state index is 5.07. The Morgan fingerprint density at radius 1 is 1.46 bits per heavy atom. The zero-order valence-corrected chi connectivity index (χ0v) is 9.09. The molecule has 2 nitrogen and oxygen atoms in total.